The third kappa shape index (κ3) is 2.03. The summed E-state index contributed by atoms with van der Waals surface area (Å²) in [5, 5.41) is 4.62. The molecule has 1 atom stereocenters. The van der Waals surface area contributed by atoms with Gasteiger partial charge in [0.1, 0.15) is 0 Å². The number of nitrogens with one attached hydrogen (secondary N) is 1. The maximum atomic E-state index is 5.82. The molecule has 1 aliphatic carbocycles. The number of aromatic nitrogens is 1. The van der Waals surface area contributed by atoms with Crippen molar-refractivity contribution in [2.45, 2.75) is 30.9 Å². The molecule has 1 aliphatic rings. The fourth-order valence-electron chi connectivity index (χ4n) is 3.14. The molecule has 19 heavy (non-hydrogen) atoms. The summed E-state index contributed by atoms with van der Waals surface area (Å²) < 4.78 is 5.82. The number of pyridine rings is 1. The second-order valence-electron chi connectivity index (χ2n) is 5.30. The quantitative estimate of drug-likeness (QED) is 0.913. The molecule has 2 aromatic rings. The van der Waals surface area contributed by atoms with Crippen molar-refractivity contribution in [2.24, 2.45) is 0 Å². The van der Waals surface area contributed by atoms with Crippen LogP contribution in [0.2, 0.25) is 0 Å². The minimum atomic E-state index is -0.0371. The minimum absolute atomic E-state index is 0.0371. The van der Waals surface area contributed by atoms with Gasteiger partial charge in [0.25, 0.3) is 0 Å². The lowest BCUT2D eigenvalue weighted by atomic mass is 9.72. The second kappa shape index (κ2) is 4.91. The van der Waals surface area contributed by atoms with Crippen molar-refractivity contribution in [1.82, 2.24) is 10.3 Å². The third-order valence-corrected chi connectivity index (χ3v) is 4.38. The molecule has 0 bridgehead atoms. The first-order chi connectivity index (χ1) is 9.29. The molecule has 1 aromatic heterocycles. The predicted molar refractivity (Wildman–Crippen MR) is 77.1 cm³/mol. The number of nitrogens with zero attached hydrogens (tertiary/aromatic N) is 1. The standard InChI is InChI=1S/C16H20N2O/c1-17-15(16(19-2)8-4-9-16)13-6-7-14-12(11-13)5-3-10-18-14/h3,5-7,10-11,15,17H,4,8-9H2,1-2H3. The van der Waals surface area contributed by atoms with Crippen LogP contribution in [-0.2, 0) is 4.74 Å². The molecule has 100 valence electrons. The summed E-state index contributed by atoms with van der Waals surface area (Å²) in [6.45, 7) is 0. The average molecular weight is 256 g/mol. The Morgan fingerprint density at radius 1 is 1.32 bits per heavy atom. The van der Waals surface area contributed by atoms with Gasteiger partial charge in [0, 0.05) is 18.7 Å². The van der Waals surface area contributed by atoms with Gasteiger partial charge in [-0.2, -0.15) is 0 Å². The highest BCUT2D eigenvalue weighted by atomic mass is 16.5. The molecule has 1 saturated carbocycles. The molecular formula is C16H20N2O. The Morgan fingerprint density at radius 2 is 2.16 bits per heavy atom. The third-order valence-electron chi connectivity index (χ3n) is 4.38. The Kier molecular flexibility index (Phi) is 3.25. The Balaban J connectivity index is 2.01. The summed E-state index contributed by atoms with van der Waals surface area (Å²) in [5.74, 6) is 0. The first-order valence-corrected chi connectivity index (χ1v) is 6.86. The van der Waals surface area contributed by atoms with E-state index in [-0.39, 0.29) is 11.6 Å². The molecular weight excluding hydrogens is 236 g/mol. The summed E-state index contributed by atoms with van der Waals surface area (Å²) in [4.78, 5) is 4.37. The summed E-state index contributed by atoms with van der Waals surface area (Å²) in [5.41, 5.74) is 2.29. The molecule has 0 radical (unpaired) electrons. The topological polar surface area (TPSA) is 34.2 Å². The summed E-state index contributed by atoms with van der Waals surface area (Å²) in [6.07, 6.45) is 5.33. The van der Waals surface area contributed by atoms with E-state index in [0.717, 1.165) is 18.4 Å². The molecule has 0 spiro atoms. The number of ether oxygens (including phenoxy) is 1. The fourth-order valence-corrected chi connectivity index (χ4v) is 3.14. The lowest BCUT2D eigenvalue weighted by molar-refractivity contribution is -0.0982. The van der Waals surface area contributed by atoms with Crippen molar-refractivity contribution in [3.8, 4) is 0 Å². The Hall–Kier alpha value is -1.45. The number of methoxy groups -OCH3 is 1. The molecule has 1 fully saturated rings. The van der Waals surface area contributed by atoms with E-state index >= 15 is 0 Å². The van der Waals surface area contributed by atoms with Crippen LogP contribution in [0.5, 0.6) is 0 Å². The Morgan fingerprint density at radius 3 is 2.79 bits per heavy atom. The lowest BCUT2D eigenvalue weighted by Gasteiger charge is -2.46. The summed E-state index contributed by atoms with van der Waals surface area (Å²) in [6, 6.07) is 10.8. The highest BCUT2D eigenvalue weighted by molar-refractivity contribution is 5.79. The van der Waals surface area contributed by atoms with Crippen LogP contribution in [-0.4, -0.2) is 24.7 Å². The number of likely N-dealkylation sites (N-methyl/N-ethyl adjacent to an activating group) is 1. The van der Waals surface area contributed by atoms with Crippen molar-refractivity contribution in [1.29, 1.82) is 0 Å². The van der Waals surface area contributed by atoms with Crippen LogP contribution in [0.3, 0.4) is 0 Å². The SMILES string of the molecule is CNC(c1ccc2ncccc2c1)C1(OC)CCC1. The van der Waals surface area contributed by atoms with Gasteiger partial charge in [0.15, 0.2) is 0 Å². The maximum absolute atomic E-state index is 5.82. The van der Waals surface area contributed by atoms with E-state index in [1.807, 2.05) is 26.4 Å². The van der Waals surface area contributed by atoms with Crippen LogP contribution in [0, 0.1) is 0 Å². The van der Waals surface area contributed by atoms with Crippen LogP contribution in [0.4, 0.5) is 0 Å². The van der Waals surface area contributed by atoms with E-state index in [9.17, 15) is 0 Å². The monoisotopic (exact) mass is 256 g/mol. The largest absolute Gasteiger partial charge is 0.376 e. The number of hydrogen-bond donors (Lipinski definition) is 1. The van der Waals surface area contributed by atoms with Gasteiger partial charge in [0.05, 0.1) is 17.2 Å². The highest BCUT2D eigenvalue weighted by Gasteiger charge is 2.44. The fraction of sp³-hybridized carbons (Fsp3) is 0.438. The highest BCUT2D eigenvalue weighted by Crippen LogP contribution is 2.44. The van der Waals surface area contributed by atoms with Crippen molar-refractivity contribution >= 4 is 10.9 Å². The zero-order chi connectivity index (χ0) is 13.3. The van der Waals surface area contributed by atoms with Crippen molar-refractivity contribution in [2.75, 3.05) is 14.2 Å². The van der Waals surface area contributed by atoms with Gasteiger partial charge in [-0.25, -0.2) is 0 Å². The van der Waals surface area contributed by atoms with Crippen molar-refractivity contribution < 1.29 is 4.74 Å². The van der Waals surface area contributed by atoms with Gasteiger partial charge in [-0.15, -0.1) is 0 Å². The van der Waals surface area contributed by atoms with E-state index in [1.165, 1.54) is 17.4 Å². The molecule has 3 rings (SSSR count). The zero-order valence-corrected chi connectivity index (χ0v) is 11.5. The lowest BCUT2D eigenvalue weighted by Crippen LogP contribution is -2.49. The minimum Gasteiger partial charge on any atom is -0.376 e. The molecule has 0 amide bonds. The maximum Gasteiger partial charge on any atom is 0.0872 e. The number of hydrogen-bond acceptors (Lipinski definition) is 3. The van der Waals surface area contributed by atoms with Crippen molar-refractivity contribution in [3.05, 3.63) is 42.1 Å². The summed E-state index contributed by atoms with van der Waals surface area (Å²) >= 11 is 0. The molecule has 0 saturated heterocycles. The molecule has 1 N–H and O–H groups in total. The van der Waals surface area contributed by atoms with Gasteiger partial charge < -0.3 is 10.1 Å². The molecule has 1 aromatic carbocycles. The van der Waals surface area contributed by atoms with Crippen LogP contribution >= 0.6 is 0 Å². The first-order valence-electron chi connectivity index (χ1n) is 6.86. The van der Waals surface area contributed by atoms with E-state index in [2.05, 4.69) is 34.6 Å². The van der Waals surface area contributed by atoms with Crippen LogP contribution in [0.15, 0.2) is 36.5 Å². The predicted octanol–water partition coefficient (Wildman–Crippen LogP) is 3.06. The zero-order valence-electron chi connectivity index (χ0n) is 11.5. The second-order valence-corrected chi connectivity index (χ2v) is 5.30. The number of fused-ring (bicyclic) bond motifs is 1. The van der Waals surface area contributed by atoms with Crippen LogP contribution in [0.1, 0.15) is 30.9 Å². The van der Waals surface area contributed by atoms with Gasteiger partial charge in [-0.3, -0.25) is 4.98 Å². The average Bonchev–Trinajstić information content (AvgIpc) is 2.42. The number of rotatable bonds is 4. The normalized spacial score (nSPS) is 19.1. The smallest absolute Gasteiger partial charge is 0.0872 e. The van der Waals surface area contributed by atoms with E-state index in [1.54, 1.807) is 0 Å². The number of benzene rings is 1. The van der Waals surface area contributed by atoms with Crippen LogP contribution < -0.4 is 5.32 Å². The molecule has 1 unspecified atom stereocenters. The van der Waals surface area contributed by atoms with Gasteiger partial charge in [0.2, 0.25) is 0 Å². The molecule has 3 nitrogen and oxygen atoms in total. The van der Waals surface area contributed by atoms with Crippen LogP contribution in [0.25, 0.3) is 10.9 Å². The first kappa shape index (κ1) is 12.6. The van der Waals surface area contributed by atoms with Crippen molar-refractivity contribution in [3.63, 3.8) is 0 Å². The molecule has 3 heteroatoms. The van der Waals surface area contributed by atoms with Gasteiger partial charge in [-0.1, -0.05) is 12.1 Å². The van der Waals surface area contributed by atoms with Gasteiger partial charge in [-0.05, 0) is 50.1 Å². The Labute approximate surface area is 114 Å². The van der Waals surface area contributed by atoms with Gasteiger partial charge >= 0.3 is 0 Å². The van der Waals surface area contributed by atoms with E-state index in [0.29, 0.717) is 0 Å². The van der Waals surface area contributed by atoms with E-state index in [4.69, 9.17) is 4.74 Å². The van der Waals surface area contributed by atoms with E-state index < -0.39 is 0 Å². The summed E-state index contributed by atoms with van der Waals surface area (Å²) in [7, 11) is 3.84. The Bertz CT molecular complexity index is 572. The molecule has 1 heterocycles. The molecule has 0 aliphatic heterocycles.